The molecule has 1 heterocycles. The second-order valence-electron chi connectivity index (χ2n) is 5.78. The van der Waals surface area contributed by atoms with Gasteiger partial charge in [-0.05, 0) is 48.4 Å². The third-order valence-corrected chi connectivity index (χ3v) is 5.31. The van der Waals surface area contributed by atoms with Crippen molar-refractivity contribution in [3.8, 4) is 0 Å². The number of nitrogens with zero attached hydrogens (tertiary/aromatic N) is 1. The average molecular weight is 371 g/mol. The highest BCUT2D eigenvalue weighted by Gasteiger charge is 2.16. The van der Waals surface area contributed by atoms with Crippen LogP contribution in [-0.2, 0) is 16.6 Å². The third kappa shape index (κ3) is 4.37. The fourth-order valence-electron chi connectivity index (χ4n) is 2.42. The first-order chi connectivity index (χ1) is 12.4. The van der Waals surface area contributed by atoms with E-state index in [2.05, 4.69) is 15.0 Å². The number of aromatic nitrogens is 1. The Balaban J connectivity index is 1.66. The predicted molar refractivity (Wildman–Crippen MR) is 100.0 cm³/mol. The van der Waals surface area contributed by atoms with E-state index in [1.54, 1.807) is 61.7 Å². The molecule has 5 nitrogen and oxygen atoms in total. The second-order valence-corrected chi connectivity index (χ2v) is 7.43. The lowest BCUT2D eigenvalue weighted by atomic mass is 10.2. The van der Waals surface area contributed by atoms with Crippen molar-refractivity contribution in [2.75, 3.05) is 10.0 Å². The van der Waals surface area contributed by atoms with Gasteiger partial charge in [-0.25, -0.2) is 17.8 Å². The lowest BCUT2D eigenvalue weighted by Crippen LogP contribution is -2.15. The van der Waals surface area contributed by atoms with E-state index < -0.39 is 10.0 Å². The molecular weight excluding hydrogens is 353 g/mol. The smallest absolute Gasteiger partial charge is 0.263 e. The molecule has 0 saturated heterocycles. The van der Waals surface area contributed by atoms with Gasteiger partial charge in [-0.15, -0.1) is 0 Å². The Kier molecular flexibility index (Phi) is 5.18. The van der Waals surface area contributed by atoms with Gasteiger partial charge < -0.3 is 5.32 Å². The van der Waals surface area contributed by atoms with E-state index in [4.69, 9.17) is 0 Å². The number of benzene rings is 2. The molecule has 3 rings (SSSR count). The molecule has 0 amide bonds. The largest absolute Gasteiger partial charge is 0.380 e. The van der Waals surface area contributed by atoms with Gasteiger partial charge in [0.25, 0.3) is 10.0 Å². The molecule has 0 saturated carbocycles. The van der Waals surface area contributed by atoms with Gasteiger partial charge in [0.2, 0.25) is 0 Å². The van der Waals surface area contributed by atoms with E-state index >= 15 is 0 Å². The predicted octanol–water partition coefficient (Wildman–Crippen LogP) is 3.94. The molecule has 0 aliphatic carbocycles. The summed E-state index contributed by atoms with van der Waals surface area (Å²) in [5.74, 6) is -0.0405. The van der Waals surface area contributed by atoms with Crippen LogP contribution in [0.3, 0.4) is 0 Å². The van der Waals surface area contributed by atoms with Crippen LogP contribution in [0.15, 0.2) is 71.8 Å². The zero-order valence-electron chi connectivity index (χ0n) is 14.1. The third-order valence-electron chi connectivity index (χ3n) is 3.80. The van der Waals surface area contributed by atoms with Gasteiger partial charge in [0.15, 0.2) is 0 Å². The van der Waals surface area contributed by atoms with E-state index in [1.807, 2.05) is 0 Å². The Bertz CT molecular complexity index is 988. The monoisotopic (exact) mass is 371 g/mol. The summed E-state index contributed by atoms with van der Waals surface area (Å²) >= 11 is 0. The van der Waals surface area contributed by atoms with E-state index in [9.17, 15) is 12.8 Å². The van der Waals surface area contributed by atoms with Crippen molar-refractivity contribution in [2.24, 2.45) is 0 Å². The molecule has 2 aromatic carbocycles. The highest BCUT2D eigenvalue weighted by atomic mass is 32.2. The first-order valence-corrected chi connectivity index (χ1v) is 9.45. The highest BCUT2D eigenvalue weighted by Crippen LogP contribution is 2.19. The Labute approximate surface area is 152 Å². The fraction of sp³-hybridized carbons (Fsp3) is 0.105. The van der Waals surface area contributed by atoms with Crippen LogP contribution in [0.4, 0.5) is 15.9 Å². The van der Waals surface area contributed by atoms with Crippen molar-refractivity contribution in [1.29, 1.82) is 0 Å². The summed E-state index contributed by atoms with van der Waals surface area (Å²) in [4.78, 5) is 4.36. The molecule has 0 bridgehead atoms. The van der Waals surface area contributed by atoms with Crippen LogP contribution < -0.4 is 10.0 Å². The van der Waals surface area contributed by atoms with Gasteiger partial charge in [0.1, 0.15) is 11.6 Å². The summed E-state index contributed by atoms with van der Waals surface area (Å²) in [5.41, 5.74) is 2.32. The van der Waals surface area contributed by atoms with Gasteiger partial charge in [-0.2, -0.15) is 0 Å². The number of hydrogen-bond donors (Lipinski definition) is 2. The molecule has 1 aromatic heterocycles. The van der Waals surface area contributed by atoms with Crippen molar-refractivity contribution < 1.29 is 12.8 Å². The molecule has 2 N–H and O–H groups in total. The number of halogens is 1. The van der Waals surface area contributed by atoms with Gasteiger partial charge in [-0.1, -0.05) is 30.3 Å². The number of aryl methyl sites for hydroxylation is 1. The van der Waals surface area contributed by atoms with Crippen LogP contribution in [0.25, 0.3) is 0 Å². The number of rotatable bonds is 6. The van der Waals surface area contributed by atoms with Crippen molar-refractivity contribution >= 4 is 21.5 Å². The number of anilines is 2. The Morgan fingerprint density at radius 2 is 1.73 bits per heavy atom. The van der Waals surface area contributed by atoms with E-state index in [-0.39, 0.29) is 16.5 Å². The average Bonchev–Trinajstić information content (AvgIpc) is 2.62. The molecule has 3 aromatic rings. The minimum atomic E-state index is -3.68. The van der Waals surface area contributed by atoms with Crippen molar-refractivity contribution in [3.63, 3.8) is 0 Å². The molecule has 0 atom stereocenters. The van der Waals surface area contributed by atoms with Crippen molar-refractivity contribution in [3.05, 3.63) is 83.8 Å². The number of pyridine rings is 1. The maximum atomic E-state index is 12.9. The van der Waals surface area contributed by atoms with E-state index in [1.165, 1.54) is 12.1 Å². The maximum absolute atomic E-state index is 12.9. The van der Waals surface area contributed by atoms with Crippen LogP contribution in [0, 0.1) is 12.7 Å². The normalized spacial score (nSPS) is 11.2. The van der Waals surface area contributed by atoms with E-state index in [0.29, 0.717) is 12.1 Å². The van der Waals surface area contributed by atoms with Gasteiger partial charge in [0.05, 0.1) is 16.8 Å². The Hall–Kier alpha value is -2.93. The molecule has 0 fully saturated rings. The zero-order valence-corrected chi connectivity index (χ0v) is 14.9. The summed E-state index contributed by atoms with van der Waals surface area (Å²) in [6.07, 6.45) is 1.54. The van der Waals surface area contributed by atoms with Crippen LogP contribution in [0.2, 0.25) is 0 Å². The number of hydrogen-bond acceptors (Lipinski definition) is 4. The summed E-state index contributed by atoms with van der Waals surface area (Å²) in [6, 6.07) is 16.3. The van der Waals surface area contributed by atoms with Gasteiger partial charge in [-0.3, -0.25) is 4.72 Å². The summed E-state index contributed by atoms with van der Waals surface area (Å²) in [7, 11) is -3.68. The standard InChI is InChI=1S/C19H18FN3O2S/c1-14-4-2-3-5-18(14)26(24,25)23-19-11-10-17(13-22-19)21-12-15-6-8-16(20)9-7-15/h2-11,13,21H,12H2,1H3,(H,22,23). The Morgan fingerprint density at radius 3 is 2.38 bits per heavy atom. The van der Waals surface area contributed by atoms with Crippen LogP contribution in [0.5, 0.6) is 0 Å². The molecular formula is C19H18FN3O2S. The minimum absolute atomic E-state index is 0.223. The Morgan fingerprint density at radius 1 is 1.00 bits per heavy atom. The van der Waals surface area contributed by atoms with Gasteiger partial charge >= 0.3 is 0 Å². The topological polar surface area (TPSA) is 71.1 Å². The van der Waals surface area contributed by atoms with Crippen molar-refractivity contribution in [2.45, 2.75) is 18.4 Å². The first-order valence-electron chi connectivity index (χ1n) is 7.97. The highest BCUT2D eigenvalue weighted by molar-refractivity contribution is 7.92. The lowest BCUT2D eigenvalue weighted by Gasteiger charge is -2.11. The fourth-order valence-corrected chi connectivity index (χ4v) is 3.67. The van der Waals surface area contributed by atoms with Gasteiger partial charge in [0, 0.05) is 6.54 Å². The molecule has 134 valence electrons. The quantitative estimate of drug-likeness (QED) is 0.688. The molecule has 0 radical (unpaired) electrons. The zero-order chi connectivity index (χ0) is 18.6. The maximum Gasteiger partial charge on any atom is 0.263 e. The molecule has 0 spiro atoms. The van der Waals surface area contributed by atoms with Crippen LogP contribution in [-0.4, -0.2) is 13.4 Å². The molecule has 26 heavy (non-hydrogen) atoms. The van der Waals surface area contributed by atoms with Crippen LogP contribution >= 0.6 is 0 Å². The molecule has 0 aliphatic heterocycles. The number of nitrogens with one attached hydrogen (secondary N) is 2. The van der Waals surface area contributed by atoms with E-state index in [0.717, 1.165) is 11.3 Å². The van der Waals surface area contributed by atoms with Crippen molar-refractivity contribution in [1.82, 2.24) is 4.98 Å². The summed E-state index contributed by atoms with van der Waals surface area (Å²) in [6.45, 7) is 2.25. The first kappa shape index (κ1) is 17.9. The molecule has 7 heteroatoms. The summed E-state index contributed by atoms with van der Waals surface area (Å²) < 4.78 is 40.3. The second kappa shape index (κ2) is 7.53. The minimum Gasteiger partial charge on any atom is -0.380 e. The summed E-state index contributed by atoms with van der Waals surface area (Å²) in [5, 5.41) is 3.15. The number of sulfonamides is 1. The molecule has 0 aliphatic rings. The molecule has 0 unspecified atom stereocenters. The lowest BCUT2D eigenvalue weighted by molar-refractivity contribution is 0.600. The SMILES string of the molecule is Cc1ccccc1S(=O)(=O)Nc1ccc(NCc2ccc(F)cc2)cn1. The van der Waals surface area contributed by atoms with Crippen LogP contribution in [0.1, 0.15) is 11.1 Å².